The van der Waals surface area contributed by atoms with Gasteiger partial charge < -0.3 is 38.6 Å². The third kappa shape index (κ3) is 7.67. The lowest BCUT2D eigenvalue weighted by atomic mass is 9.43. The van der Waals surface area contributed by atoms with E-state index in [0.29, 0.717) is 25.1 Å². The van der Waals surface area contributed by atoms with Gasteiger partial charge in [-0.25, -0.2) is 4.79 Å². The minimum atomic E-state index is -1.78. The number of likely N-dealkylation sites (tertiary alicyclic amines) is 1. The highest BCUT2D eigenvalue weighted by molar-refractivity contribution is 5.89. The number of benzene rings is 1. The van der Waals surface area contributed by atoms with Crippen LogP contribution in [-0.4, -0.2) is 123 Å². The number of esters is 2. The van der Waals surface area contributed by atoms with E-state index < -0.39 is 70.7 Å². The Morgan fingerprint density at radius 2 is 1.56 bits per heavy atom. The molecule has 7 bridgehead atoms. The summed E-state index contributed by atoms with van der Waals surface area (Å²) in [6.07, 6.45) is 18.3. The Labute approximate surface area is 364 Å². The van der Waals surface area contributed by atoms with Crippen molar-refractivity contribution in [2.24, 2.45) is 34.5 Å². The van der Waals surface area contributed by atoms with Gasteiger partial charge in [-0.3, -0.25) is 9.69 Å². The number of hydrogen-bond acceptors (Lipinski definition) is 11. The molecule has 1 spiro atoms. The number of piperidine rings is 1. The lowest BCUT2D eigenvalue weighted by Crippen LogP contribution is -2.81. The Morgan fingerprint density at radius 1 is 0.852 bits per heavy atom. The van der Waals surface area contributed by atoms with E-state index in [4.69, 9.17) is 28.4 Å². The standard InChI is InChI=1S/C50H75NO10/c1-7-9-10-11-12-13-14-15-16-17-18-19-20-21-25-28-37(52)61-50-38-35(31-48(55,45(59-6)43(50)53)44(38)60-46(54)34-26-23-22-24-27-34)49-36(57-4)29-30-47(33-56-3)32-51(8-2)42(49)39(50)40(58-5)41(47)49/h12-13,15-16,22-24,26-27,35-36,38-45,53,55H,7-11,14,17-21,25,28-33H2,1-6H3/b13-12-,16-15-/t35-,36?,38-,39+,40+,41-,42-,43+,44-,45+,47+,48+,49+,50-/m1/s1. The Balaban J connectivity index is 1.18. The summed E-state index contributed by atoms with van der Waals surface area (Å²) in [6, 6.07) is 8.53. The normalized spacial score (nSPS) is 39.6. The van der Waals surface area contributed by atoms with E-state index in [1.807, 2.05) is 6.07 Å². The van der Waals surface area contributed by atoms with E-state index in [9.17, 15) is 19.8 Å². The molecule has 340 valence electrons. The third-order valence-electron chi connectivity index (χ3n) is 16.3. The molecule has 11 nitrogen and oxygen atoms in total. The molecule has 0 amide bonds. The molecule has 0 aromatic heterocycles. The van der Waals surface area contributed by atoms with Gasteiger partial charge in [0, 0.05) is 76.0 Å². The molecule has 5 saturated carbocycles. The number of unbranched alkanes of at least 4 members (excludes halogenated alkanes) is 8. The molecule has 61 heavy (non-hydrogen) atoms. The number of rotatable bonds is 23. The Kier molecular flexibility index (Phi) is 14.9. The highest BCUT2D eigenvalue weighted by Crippen LogP contribution is 2.80. The summed E-state index contributed by atoms with van der Waals surface area (Å²) in [5, 5.41) is 26.1. The molecule has 6 aliphatic rings. The molecule has 1 aromatic carbocycles. The molecule has 7 rings (SSSR count). The number of nitrogens with zero attached hydrogens (tertiary/aromatic N) is 1. The zero-order valence-electron chi connectivity index (χ0n) is 37.8. The van der Waals surface area contributed by atoms with Crippen LogP contribution in [0.5, 0.6) is 0 Å². The predicted octanol–water partition coefficient (Wildman–Crippen LogP) is 7.47. The number of carbonyl (C=O) groups excluding carboxylic acids is 2. The monoisotopic (exact) mass is 850 g/mol. The van der Waals surface area contributed by atoms with Crippen LogP contribution in [0.3, 0.4) is 0 Å². The summed E-state index contributed by atoms with van der Waals surface area (Å²) in [6.45, 7) is 6.36. The Hall–Kier alpha value is -2.64. The van der Waals surface area contributed by atoms with Crippen LogP contribution in [0, 0.1) is 34.5 Å². The number of aliphatic hydroxyl groups is 2. The molecule has 1 unspecified atom stereocenters. The van der Waals surface area contributed by atoms with Crippen LogP contribution in [0.15, 0.2) is 54.6 Å². The smallest absolute Gasteiger partial charge is 0.338 e. The molecule has 1 aliphatic heterocycles. The molecule has 6 fully saturated rings. The van der Waals surface area contributed by atoms with E-state index in [-0.39, 0.29) is 36.3 Å². The average molecular weight is 850 g/mol. The van der Waals surface area contributed by atoms with Crippen molar-refractivity contribution >= 4 is 11.9 Å². The minimum absolute atomic E-state index is 0.115. The van der Waals surface area contributed by atoms with Crippen molar-refractivity contribution in [3.8, 4) is 0 Å². The van der Waals surface area contributed by atoms with Crippen molar-refractivity contribution in [1.29, 1.82) is 0 Å². The molecular formula is C50H75NO10. The van der Waals surface area contributed by atoms with Crippen molar-refractivity contribution in [2.45, 2.75) is 158 Å². The van der Waals surface area contributed by atoms with E-state index in [1.54, 1.807) is 45.6 Å². The number of fused-ring (bicyclic) bond motifs is 2. The highest BCUT2D eigenvalue weighted by Gasteiger charge is 2.91. The van der Waals surface area contributed by atoms with Gasteiger partial charge in [0.1, 0.15) is 23.9 Å². The number of ether oxygens (including phenoxy) is 6. The van der Waals surface area contributed by atoms with Gasteiger partial charge in [0.15, 0.2) is 5.60 Å². The lowest BCUT2D eigenvalue weighted by molar-refractivity contribution is -0.318. The minimum Gasteiger partial charge on any atom is -0.455 e. The van der Waals surface area contributed by atoms with Crippen molar-refractivity contribution < 1.29 is 48.2 Å². The SMILES string of the molecule is CCCCC/C=C\C/C=C\CCCCCCCC(=O)O[C@]12[C@H]3[C@@H](OC(=O)c4ccccc4)[C@@](O)(C[C@H]3[C@@]34C(OC)CC[C@@]5(COC)CN(CC)[C@@H]3[C@@H]1[C@H](OC)[C@H]54)[C@@H](OC)[C@@H]2O. The summed E-state index contributed by atoms with van der Waals surface area (Å²) < 4.78 is 39.0. The molecule has 5 aliphatic carbocycles. The van der Waals surface area contributed by atoms with Gasteiger partial charge in [-0.1, -0.05) is 88.5 Å². The zero-order chi connectivity index (χ0) is 43.4. The maximum Gasteiger partial charge on any atom is 0.338 e. The molecule has 0 radical (unpaired) electrons. The van der Waals surface area contributed by atoms with E-state index >= 15 is 0 Å². The number of hydrogen-bond donors (Lipinski definition) is 2. The summed E-state index contributed by atoms with van der Waals surface area (Å²) in [4.78, 5) is 31.1. The first-order valence-corrected chi connectivity index (χ1v) is 23.6. The van der Waals surface area contributed by atoms with Crippen LogP contribution >= 0.6 is 0 Å². The zero-order valence-corrected chi connectivity index (χ0v) is 37.8. The fourth-order valence-corrected chi connectivity index (χ4v) is 14.4. The molecule has 1 saturated heterocycles. The molecular weight excluding hydrogens is 775 g/mol. The third-order valence-corrected chi connectivity index (χ3v) is 16.3. The fourth-order valence-electron chi connectivity index (χ4n) is 14.4. The van der Waals surface area contributed by atoms with E-state index in [0.717, 1.165) is 64.3 Å². The molecule has 11 heteroatoms. The van der Waals surface area contributed by atoms with Crippen LogP contribution in [0.4, 0.5) is 0 Å². The van der Waals surface area contributed by atoms with Gasteiger partial charge >= 0.3 is 11.9 Å². The number of allylic oxidation sites excluding steroid dienone is 4. The largest absolute Gasteiger partial charge is 0.455 e. The lowest BCUT2D eigenvalue weighted by Gasteiger charge is -2.69. The molecule has 1 heterocycles. The maximum atomic E-state index is 14.6. The van der Waals surface area contributed by atoms with Crippen LogP contribution in [0.25, 0.3) is 0 Å². The number of carbonyl (C=O) groups is 2. The summed E-state index contributed by atoms with van der Waals surface area (Å²) in [5.74, 6) is -2.83. The van der Waals surface area contributed by atoms with Gasteiger partial charge in [0.25, 0.3) is 0 Å². The topological polar surface area (TPSA) is 133 Å². The van der Waals surface area contributed by atoms with Gasteiger partial charge in [-0.2, -0.15) is 0 Å². The fraction of sp³-hybridized carbons (Fsp3) is 0.760. The first kappa shape index (κ1) is 46.4. The van der Waals surface area contributed by atoms with Crippen LogP contribution in [0.1, 0.15) is 121 Å². The summed E-state index contributed by atoms with van der Waals surface area (Å²) >= 11 is 0. The Morgan fingerprint density at radius 3 is 2.21 bits per heavy atom. The number of methoxy groups -OCH3 is 4. The molecule has 14 atom stereocenters. The van der Waals surface area contributed by atoms with Crippen molar-refractivity contribution in [2.75, 3.05) is 48.1 Å². The summed E-state index contributed by atoms with van der Waals surface area (Å²) in [5.41, 5.74) is -4.00. The van der Waals surface area contributed by atoms with Crippen LogP contribution < -0.4 is 0 Å². The number of aliphatic hydroxyl groups excluding tert-OH is 1. The van der Waals surface area contributed by atoms with Gasteiger partial charge in [0.2, 0.25) is 0 Å². The molecule has 2 N–H and O–H groups in total. The maximum absolute atomic E-state index is 14.6. The van der Waals surface area contributed by atoms with Gasteiger partial charge in [-0.05, 0) is 82.4 Å². The van der Waals surface area contributed by atoms with Crippen molar-refractivity contribution in [1.82, 2.24) is 4.90 Å². The quantitative estimate of drug-likeness (QED) is 0.0646. The first-order chi connectivity index (χ1) is 29.6. The van der Waals surface area contributed by atoms with Crippen molar-refractivity contribution in [3.05, 3.63) is 60.2 Å². The van der Waals surface area contributed by atoms with Gasteiger partial charge in [-0.15, -0.1) is 0 Å². The Bertz CT molecular complexity index is 1690. The summed E-state index contributed by atoms with van der Waals surface area (Å²) in [7, 11) is 6.71. The van der Waals surface area contributed by atoms with Crippen LogP contribution in [-0.2, 0) is 33.2 Å². The van der Waals surface area contributed by atoms with E-state index in [1.165, 1.54) is 26.4 Å². The second-order valence-corrected chi connectivity index (χ2v) is 19.2. The van der Waals surface area contributed by atoms with E-state index in [2.05, 4.69) is 43.1 Å². The van der Waals surface area contributed by atoms with Gasteiger partial charge in [0.05, 0.1) is 24.4 Å². The second-order valence-electron chi connectivity index (χ2n) is 19.2. The predicted molar refractivity (Wildman–Crippen MR) is 233 cm³/mol. The second kappa shape index (κ2) is 19.6. The highest BCUT2D eigenvalue weighted by atomic mass is 16.6. The first-order valence-electron chi connectivity index (χ1n) is 23.6. The van der Waals surface area contributed by atoms with Crippen LogP contribution in [0.2, 0.25) is 0 Å². The average Bonchev–Trinajstić information content (AvgIpc) is 3.64. The molecule has 1 aromatic rings. The van der Waals surface area contributed by atoms with Crippen molar-refractivity contribution in [3.63, 3.8) is 0 Å².